The van der Waals surface area contributed by atoms with Crippen LogP contribution in [0.4, 0.5) is 17.1 Å². The van der Waals surface area contributed by atoms with Crippen molar-refractivity contribution in [3.8, 4) is 5.75 Å². The van der Waals surface area contributed by atoms with Crippen LogP contribution in [0.3, 0.4) is 0 Å². The van der Waals surface area contributed by atoms with Crippen LogP contribution in [0.15, 0.2) is 96.9 Å². The molecular formula is C36H46N10O3. The lowest BCUT2D eigenvalue weighted by Gasteiger charge is -2.37. The SMILES string of the molecule is C=C1N(c2ccc(N3CCN(c4ccc(OCC5COC(Cn6nccn6)(c6ncccn6)O5)cc4)CC3)cc2)C=NN1C(C)CC.CC. The molecule has 0 saturated carbocycles. The van der Waals surface area contributed by atoms with E-state index in [1.54, 1.807) is 30.9 Å². The Labute approximate surface area is 288 Å². The van der Waals surface area contributed by atoms with E-state index in [1.807, 2.05) is 42.2 Å². The molecule has 2 fully saturated rings. The molecule has 0 radical (unpaired) electrons. The minimum Gasteiger partial charge on any atom is -0.491 e. The number of piperazine rings is 1. The third-order valence-electron chi connectivity index (χ3n) is 8.83. The van der Waals surface area contributed by atoms with Crippen LogP contribution >= 0.6 is 0 Å². The molecule has 3 atom stereocenters. The number of ether oxygens (including phenoxy) is 3. The molecule has 4 aromatic rings. The first-order chi connectivity index (χ1) is 24.0. The first kappa shape index (κ1) is 33.9. The van der Waals surface area contributed by atoms with Crippen molar-refractivity contribution in [2.24, 2.45) is 5.10 Å². The predicted molar refractivity (Wildman–Crippen MR) is 190 cm³/mol. The fourth-order valence-corrected chi connectivity index (χ4v) is 6.02. The molecule has 0 aliphatic carbocycles. The fourth-order valence-electron chi connectivity index (χ4n) is 6.02. The predicted octanol–water partition coefficient (Wildman–Crippen LogP) is 5.10. The van der Waals surface area contributed by atoms with Crippen molar-refractivity contribution in [3.63, 3.8) is 0 Å². The molecule has 0 N–H and O–H groups in total. The monoisotopic (exact) mass is 666 g/mol. The number of rotatable bonds is 11. The van der Waals surface area contributed by atoms with Gasteiger partial charge in [-0.1, -0.05) is 27.4 Å². The molecule has 2 saturated heterocycles. The summed E-state index contributed by atoms with van der Waals surface area (Å²) in [4.78, 5) is 17.2. The molecule has 2 aromatic carbocycles. The second kappa shape index (κ2) is 15.5. The summed E-state index contributed by atoms with van der Waals surface area (Å²) in [6.07, 6.45) is 9.11. The topological polar surface area (TPSA) is 110 Å². The molecule has 3 unspecified atom stereocenters. The van der Waals surface area contributed by atoms with Crippen molar-refractivity contribution in [2.75, 3.05) is 54.1 Å². The zero-order chi connectivity index (χ0) is 34.2. The lowest BCUT2D eigenvalue weighted by Crippen LogP contribution is -2.46. The molecule has 13 nitrogen and oxygen atoms in total. The Morgan fingerprint density at radius 1 is 0.878 bits per heavy atom. The van der Waals surface area contributed by atoms with Crippen molar-refractivity contribution >= 4 is 23.4 Å². The maximum Gasteiger partial charge on any atom is 0.253 e. The zero-order valence-electron chi connectivity index (χ0n) is 28.8. The lowest BCUT2D eigenvalue weighted by molar-refractivity contribution is -0.198. The Bertz CT molecular complexity index is 1640. The minimum atomic E-state index is -1.19. The van der Waals surface area contributed by atoms with Gasteiger partial charge in [0.15, 0.2) is 5.82 Å². The van der Waals surface area contributed by atoms with Gasteiger partial charge in [-0.15, -0.1) is 0 Å². The first-order valence-corrected chi connectivity index (χ1v) is 17.1. The third kappa shape index (κ3) is 7.52. The van der Waals surface area contributed by atoms with Gasteiger partial charge in [-0.2, -0.15) is 20.1 Å². The van der Waals surface area contributed by atoms with Gasteiger partial charge in [-0.05, 0) is 67.9 Å². The standard InChI is InChI=1S/C34H40N10O3.C2H6/c1-4-26(2)44-27(3)42(25-39-44)30-8-6-28(7-9-30)40-18-20-41(21-19-40)29-10-12-31(13-11-29)45-22-32-23-46-34(47-32,24-43-37-16-17-38-43)33-35-14-5-15-36-33;1-2/h5-17,25-26,32H,3-4,18-24H2,1-2H3;1-2H3. The number of anilines is 3. The van der Waals surface area contributed by atoms with Gasteiger partial charge < -0.3 is 24.0 Å². The zero-order valence-corrected chi connectivity index (χ0v) is 28.8. The van der Waals surface area contributed by atoms with E-state index in [9.17, 15) is 0 Å². The quantitative estimate of drug-likeness (QED) is 0.213. The fraction of sp³-hybridized carbons (Fsp3) is 0.417. The van der Waals surface area contributed by atoms with E-state index in [1.165, 1.54) is 16.2 Å². The number of hydrogen-bond donors (Lipinski definition) is 0. The summed E-state index contributed by atoms with van der Waals surface area (Å²) in [5, 5.41) is 14.9. The molecule has 0 bridgehead atoms. The van der Waals surface area contributed by atoms with Crippen molar-refractivity contribution < 1.29 is 14.2 Å². The van der Waals surface area contributed by atoms with Gasteiger partial charge in [0.05, 0.1) is 25.0 Å². The van der Waals surface area contributed by atoms with Crippen molar-refractivity contribution in [1.29, 1.82) is 0 Å². The highest BCUT2D eigenvalue weighted by atomic mass is 16.8. The molecule has 3 aliphatic heterocycles. The average molecular weight is 667 g/mol. The lowest BCUT2D eigenvalue weighted by atomic mass is 10.2. The van der Waals surface area contributed by atoms with Crippen LogP contribution in [-0.4, -0.2) is 87.8 Å². The number of aromatic nitrogens is 5. The molecule has 258 valence electrons. The van der Waals surface area contributed by atoms with Crippen LogP contribution in [0.5, 0.6) is 5.75 Å². The molecule has 3 aliphatic rings. The highest BCUT2D eigenvalue weighted by molar-refractivity contribution is 5.85. The van der Waals surface area contributed by atoms with Crippen LogP contribution in [-0.2, 0) is 21.8 Å². The average Bonchev–Trinajstić information content (AvgIpc) is 3.93. The maximum absolute atomic E-state index is 6.35. The number of nitrogens with zero attached hydrogens (tertiary/aromatic N) is 10. The smallest absolute Gasteiger partial charge is 0.253 e. The summed E-state index contributed by atoms with van der Waals surface area (Å²) in [6, 6.07) is 19.0. The van der Waals surface area contributed by atoms with Gasteiger partial charge in [0.25, 0.3) is 5.79 Å². The van der Waals surface area contributed by atoms with E-state index in [2.05, 4.69) is 91.9 Å². The summed E-state index contributed by atoms with van der Waals surface area (Å²) in [5.41, 5.74) is 3.47. The molecule has 13 heteroatoms. The Morgan fingerprint density at radius 2 is 1.47 bits per heavy atom. The molecule has 0 spiro atoms. The summed E-state index contributed by atoms with van der Waals surface area (Å²) in [7, 11) is 0. The van der Waals surface area contributed by atoms with E-state index in [-0.39, 0.29) is 12.6 Å². The molecule has 0 amide bonds. The van der Waals surface area contributed by atoms with Crippen molar-refractivity contribution in [2.45, 2.75) is 58.6 Å². The highest BCUT2D eigenvalue weighted by Gasteiger charge is 2.47. The second-order valence-electron chi connectivity index (χ2n) is 11.9. The van der Waals surface area contributed by atoms with E-state index < -0.39 is 5.79 Å². The summed E-state index contributed by atoms with van der Waals surface area (Å²) in [5.74, 6) is 0.904. The van der Waals surface area contributed by atoms with Gasteiger partial charge in [0.1, 0.15) is 37.2 Å². The van der Waals surface area contributed by atoms with E-state index in [0.717, 1.165) is 49.9 Å². The Balaban J connectivity index is 0.00000205. The van der Waals surface area contributed by atoms with Crippen molar-refractivity contribution in [3.05, 3.63) is 97.6 Å². The number of hydrogen-bond acceptors (Lipinski definition) is 12. The van der Waals surface area contributed by atoms with E-state index in [0.29, 0.717) is 25.1 Å². The van der Waals surface area contributed by atoms with E-state index >= 15 is 0 Å². The number of benzene rings is 2. The minimum absolute atomic E-state index is 0.231. The second-order valence-corrected chi connectivity index (χ2v) is 11.9. The Morgan fingerprint density at radius 3 is 2.08 bits per heavy atom. The molecule has 7 rings (SSSR count). The van der Waals surface area contributed by atoms with Gasteiger partial charge in [-0.3, -0.25) is 4.90 Å². The van der Waals surface area contributed by atoms with Crippen LogP contribution in [0.1, 0.15) is 39.9 Å². The molecular weight excluding hydrogens is 620 g/mol. The van der Waals surface area contributed by atoms with Gasteiger partial charge in [-0.25, -0.2) is 15.0 Å². The third-order valence-corrected chi connectivity index (χ3v) is 8.83. The molecule has 5 heterocycles. The summed E-state index contributed by atoms with van der Waals surface area (Å²) in [6.45, 7) is 17.2. The largest absolute Gasteiger partial charge is 0.491 e. The highest BCUT2D eigenvalue weighted by Crippen LogP contribution is 2.34. The first-order valence-electron chi connectivity index (χ1n) is 17.1. The summed E-state index contributed by atoms with van der Waals surface area (Å²) >= 11 is 0. The van der Waals surface area contributed by atoms with Crippen molar-refractivity contribution in [1.82, 2.24) is 30.0 Å². The Kier molecular flexibility index (Phi) is 10.7. The van der Waals surface area contributed by atoms with Gasteiger partial charge in [0.2, 0.25) is 0 Å². The van der Waals surface area contributed by atoms with Crippen LogP contribution in [0, 0.1) is 0 Å². The Hall–Kier alpha value is -5.01. The maximum atomic E-state index is 6.35. The number of hydrazone groups is 1. The normalized spacial score (nSPS) is 21.1. The van der Waals surface area contributed by atoms with Crippen LogP contribution < -0.4 is 19.4 Å². The van der Waals surface area contributed by atoms with Gasteiger partial charge >= 0.3 is 0 Å². The van der Waals surface area contributed by atoms with Crippen LogP contribution in [0.2, 0.25) is 0 Å². The molecule has 2 aromatic heterocycles. The molecule has 49 heavy (non-hydrogen) atoms. The summed E-state index contributed by atoms with van der Waals surface area (Å²) < 4.78 is 18.6. The van der Waals surface area contributed by atoms with Gasteiger partial charge in [0, 0.05) is 55.6 Å². The van der Waals surface area contributed by atoms with Crippen LogP contribution in [0.25, 0.3) is 0 Å². The van der Waals surface area contributed by atoms with E-state index in [4.69, 9.17) is 14.2 Å².